The minimum absolute atomic E-state index is 0. The van der Waals surface area contributed by atoms with E-state index < -0.39 is 11.6 Å². The molecule has 1 aromatic carbocycles. The SMILES string of the molecule is CCNC(=NCc1cc(F)ccc1F)NCCCCCC(=O)OC.I. The molecule has 142 valence electrons. The minimum atomic E-state index is -0.481. The van der Waals surface area contributed by atoms with Crippen LogP contribution in [0.1, 0.15) is 38.2 Å². The van der Waals surface area contributed by atoms with Gasteiger partial charge >= 0.3 is 5.97 Å². The van der Waals surface area contributed by atoms with Crippen LogP contribution in [0, 0.1) is 11.6 Å². The Hall–Kier alpha value is -1.45. The van der Waals surface area contributed by atoms with Crippen molar-refractivity contribution >= 4 is 35.9 Å². The lowest BCUT2D eigenvalue weighted by atomic mass is 10.2. The monoisotopic (exact) mass is 469 g/mol. The van der Waals surface area contributed by atoms with Crippen molar-refractivity contribution in [2.75, 3.05) is 20.2 Å². The number of nitrogens with zero attached hydrogens (tertiary/aromatic N) is 1. The number of methoxy groups -OCH3 is 1. The third-order valence-electron chi connectivity index (χ3n) is 3.34. The maximum atomic E-state index is 13.6. The third kappa shape index (κ3) is 10.2. The van der Waals surface area contributed by atoms with Gasteiger partial charge in [0.1, 0.15) is 11.6 Å². The number of benzene rings is 1. The van der Waals surface area contributed by atoms with Gasteiger partial charge in [-0.25, -0.2) is 13.8 Å². The number of carbonyl (C=O) groups excluding carboxylic acids is 1. The second-order valence-corrected chi connectivity index (χ2v) is 5.24. The standard InChI is InChI=1S/C17H25F2N3O2.HI/c1-3-20-17(21-10-6-4-5-7-16(23)24-2)22-12-13-11-14(18)8-9-15(13)19;/h8-9,11H,3-7,10,12H2,1-2H3,(H2,20,21,22);1H. The molecular weight excluding hydrogens is 443 g/mol. The summed E-state index contributed by atoms with van der Waals surface area (Å²) in [6.45, 7) is 3.33. The summed E-state index contributed by atoms with van der Waals surface area (Å²) < 4.78 is 31.3. The number of carbonyl (C=O) groups is 1. The average Bonchev–Trinajstić information content (AvgIpc) is 2.58. The minimum Gasteiger partial charge on any atom is -0.469 e. The van der Waals surface area contributed by atoms with Crippen LogP contribution >= 0.6 is 24.0 Å². The molecule has 0 bridgehead atoms. The Labute approximate surface area is 164 Å². The van der Waals surface area contributed by atoms with Crippen LogP contribution in [-0.2, 0) is 16.1 Å². The van der Waals surface area contributed by atoms with Crippen molar-refractivity contribution < 1.29 is 18.3 Å². The van der Waals surface area contributed by atoms with Gasteiger partial charge in [-0.05, 0) is 38.0 Å². The van der Waals surface area contributed by atoms with Crippen LogP contribution in [0.3, 0.4) is 0 Å². The van der Waals surface area contributed by atoms with E-state index in [1.165, 1.54) is 7.11 Å². The Bertz CT molecular complexity index is 557. The molecule has 0 radical (unpaired) electrons. The topological polar surface area (TPSA) is 62.7 Å². The molecule has 0 fully saturated rings. The largest absolute Gasteiger partial charge is 0.469 e. The number of hydrogen-bond donors (Lipinski definition) is 2. The van der Waals surface area contributed by atoms with Crippen molar-refractivity contribution in [1.29, 1.82) is 0 Å². The van der Waals surface area contributed by atoms with Gasteiger partial charge in [-0.3, -0.25) is 4.79 Å². The second-order valence-electron chi connectivity index (χ2n) is 5.24. The fraction of sp³-hybridized carbons (Fsp3) is 0.529. The van der Waals surface area contributed by atoms with Crippen LogP contribution in [0.4, 0.5) is 8.78 Å². The normalized spacial score (nSPS) is 10.8. The molecule has 1 aromatic rings. The number of ether oxygens (including phenoxy) is 1. The molecule has 0 aliphatic rings. The molecule has 0 aliphatic carbocycles. The summed E-state index contributed by atoms with van der Waals surface area (Å²) in [5.41, 5.74) is 0.213. The first kappa shape index (κ1) is 23.5. The first-order valence-corrected chi connectivity index (χ1v) is 8.09. The Morgan fingerprint density at radius 2 is 1.96 bits per heavy atom. The highest BCUT2D eigenvalue weighted by molar-refractivity contribution is 14.0. The van der Waals surface area contributed by atoms with E-state index in [0.717, 1.165) is 37.5 Å². The van der Waals surface area contributed by atoms with Crippen LogP contribution in [0.15, 0.2) is 23.2 Å². The lowest BCUT2D eigenvalue weighted by molar-refractivity contribution is -0.140. The van der Waals surface area contributed by atoms with Gasteiger partial charge in [0.15, 0.2) is 5.96 Å². The van der Waals surface area contributed by atoms with Gasteiger partial charge in [0.2, 0.25) is 0 Å². The van der Waals surface area contributed by atoms with Crippen LogP contribution in [0.25, 0.3) is 0 Å². The first-order chi connectivity index (χ1) is 11.6. The highest BCUT2D eigenvalue weighted by Crippen LogP contribution is 2.10. The fourth-order valence-corrected chi connectivity index (χ4v) is 2.05. The molecule has 2 N–H and O–H groups in total. The molecule has 0 aromatic heterocycles. The molecule has 0 atom stereocenters. The van der Waals surface area contributed by atoms with E-state index in [1.54, 1.807) is 0 Å². The number of nitrogens with one attached hydrogen (secondary N) is 2. The third-order valence-corrected chi connectivity index (χ3v) is 3.34. The van der Waals surface area contributed by atoms with Crippen molar-refractivity contribution in [2.24, 2.45) is 4.99 Å². The maximum absolute atomic E-state index is 13.6. The van der Waals surface area contributed by atoms with Gasteiger partial charge in [0, 0.05) is 25.1 Å². The zero-order valence-electron chi connectivity index (χ0n) is 14.6. The molecule has 25 heavy (non-hydrogen) atoms. The zero-order chi connectivity index (χ0) is 17.8. The van der Waals surface area contributed by atoms with E-state index in [4.69, 9.17) is 0 Å². The summed E-state index contributed by atoms with van der Waals surface area (Å²) in [4.78, 5) is 15.2. The second kappa shape index (κ2) is 13.8. The number of aliphatic imine (C=N–C) groups is 1. The molecule has 8 heteroatoms. The maximum Gasteiger partial charge on any atom is 0.305 e. The molecular formula is C17H26F2IN3O2. The molecule has 0 spiro atoms. The first-order valence-electron chi connectivity index (χ1n) is 8.09. The van der Waals surface area contributed by atoms with Gasteiger partial charge in [0.25, 0.3) is 0 Å². The van der Waals surface area contributed by atoms with Crippen LogP contribution < -0.4 is 10.6 Å². The van der Waals surface area contributed by atoms with E-state index in [0.29, 0.717) is 25.5 Å². The molecule has 0 unspecified atom stereocenters. The molecule has 0 heterocycles. The highest BCUT2D eigenvalue weighted by atomic mass is 127. The molecule has 5 nitrogen and oxygen atoms in total. The van der Waals surface area contributed by atoms with Gasteiger partial charge in [-0.15, -0.1) is 24.0 Å². The van der Waals surface area contributed by atoms with Gasteiger partial charge in [0.05, 0.1) is 13.7 Å². The van der Waals surface area contributed by atoms with Crippen molar-refractivity contribution in [2.45, 2.75) is 39.2 Å². The van der Waals surface area contributed by atoms with Crippen LogP contribution in [0.2, 0.25) is 0 Å². The van der Waals surface area contributed by atoms with Crippen molar-refractivity contribution in [3.63, 3.8) is 0 Å². The summed E-state index contributed by atoms with van der Waals surface area (Å²) in [6, 6.07) is 3.33. The fourth-order valence-electron chi connectivity index (χ4n) is 2.05. The Morgan fingerprint density at radius 1 is 1.20 bits per heavy atom. The Morgan fingerprint density at radius 3 is 2.64 bits per heavy atom. The summed E-state index contributed by atoms with van der Waals surface area (Å²) >= 11 is 0. The Balaban J connectivity index is 0.00000576. The van der Waals surface area contributed by atoms with Crippen molar-refractivity contribution in [3.8, 4) is 0 Å². The van der Waals surface area contributed by atoms with Gasteiger partial charge < -0.3 is 15.4 Å². The summed E-state index contributed by atoms with van der Waals surface area (Å²) in [7, 11) is 1.38. The predicted octanol–water partition coefficient (Wildman–Crippen LogP) is 3.37. The van der Waals surface area contributed by atoms with Crippen LogP contribution in [-0.4, -0.2) is 32.1 Å². The zero-order valence-corrected chi connectivity index (χ0v) is 16.9. The highest BCUT2D eigenvalue weighted by Gasteiger charge is 2.04. The summed E-state index contributed by atoms with van der Waals surface area (Å²) in [6.07, 6.45) is 2.95. The number of hydrogen-bond acceptors (Lipinski definition) is 3. The van der Waals surface area contributed by atoms with E-state index in [-0.39, 0.29) is 42.1 Å². The molecule has 0 aliphatic heterocycles. The molecule has 0 amide bonds. The summed E-state index contributed by atoms with van der Waals surface area (Å²) in [5.74, 6) is -0.604. The van der Waals surface area contributed by atoms with Crippen LogP contribution in [0.5, 0.6) is 0 Å². The number of guanidine groups is 1. The van der Waals surface area contributed by atoms with E-state index in [2.05, 4.69) is 20.4 Å². The predicted molar refractivity (Wildman–Crippen MR) is 105 cm³/mol. The quantitative estimate of drug-likeness (QED) is 0.192. The molecule has 0 saturated heterocycles. The van der Waals surface area contributed by atoms with Gasteiger partial charge in [-0.1, -0.05) is 6.42 Å². The molecule has 0 saturated carbocycles. The van der Waals surface area contributed by atoms with Gasteiger partial charge in [-0.2, -0.15) is 0 Å². The van der Waals surface area contributed by atoms with E-state index >= 15 is 0 Å². The lowest BCUT2D eigenvalue weighted by Crippen LogP contribution is -2.37. The Kier molecular flexibility index (Phi) is 13.0. The number of esters is 1. The van der Waals surface area contributed by atoms with E-state index in [1.807, 2.05) is 6.92 Å². The summed E-state index contributed by atoms with van der Waals surface area (Å²) in [5, 5.41) is 6.19. The number of rotatable bonds is 9. The number of unbranched alkanes of at least 4 members (excludes halogenated alkanes) is 2. The molecule has 1 rings (SSSR count). The smallest absolute Gasteiger partial charge is 0.305 e. The van der Waals surface area contributed by atoms with Crippen molar-refractivity contribution in [1.82, 2.24) is 10.6 Å². The number of halogens is 3. The average molecular weight is 469 g/mol. The van der Waals surface area contributed by atoms with E-state index in [9.17, 15) is 13.6 Å². The van der Waals surface area contributed by atoms with Crippen molar-refractivity contribution in [3.05, 3.63) is 35.4 Å². The lowest BCUT2D eigenvalue weighted by Gasteiger charge is -2.11.